The highest BCUT2D eigenvalue weighted by Crippen LogP contribution is 2.35. The van der Waals surface area contributed by atoms with E-state index in [0.717, 1.165) is 22.1 Å². The Morgan fingerprint density at radius 3 is 2.59 bits per heavy atom. The average Bonchev–Trinajstić information content (AvgIpc) is 3.08. The highest BCUT2D eigenvalue weighted by Gasteiger charge is 2.17. The van der Waals surface area contributed by atoms with Crippen molar-refractivity contribution in [2.24, 2.45) is 0 Å². The number of carbonyl (C=O) groups is 1. The van der Waals surface area contributed by atoms with Crippen LogP contribution < -0.4 is 4.74 Å². The largest absolute Gasteiger partial charge is 0.490 e. The molecule has 2 heterocycles. The smallest absolute Gasteiger partial charge is 0.325 e. The minimum absolute atomic E-state index is 0.230. The lowest BCUT2D eigenvalue weighted by molar-refractivity contribution is -0.137. The van der Waals surface area contributed by atoms with Crippen LogP contribution in [0.15, 0.2) is 54.9 Å². The first-order chi connectivity index (χ1) is 15.5. The van der Waals surface area contributed by atoms with Crippen molar-refractivity contribution < 1.29 is 19.4 Å². The number of nitrogens with zero attached hydrogens (tertiary/aromatic N) is 4. The fourth-order valence-corrected chi connectivity index (χ4v) is 3.95. The lowest BCUT2D eigenvalue weighted by atomic mass is 10.1. The molecule has 0 unspecified atom stereocenters. The summed E-state index contributed by atoms with van der Waals surface area (Å²) in [5.41, 5.74) is 3.40. The normalized spacial score (nSPS) is 11.1. The quantitative estimate of drug-likeness (QED) is 0.250. The van der Waals surface area contributed by atoms with Crippen molar-refractivity contribution in [1.29, 1.82) is 0 Å². The number of hydrogen-bond donors (Lipinski definition) is 1. The Balaban J connectivity index is 1.59. The van der Waals surface area contributed by atoms with Crippen molar-refractivity contribution in [2.45, 2.75) is 20.1 Å². The standard InChI is InChI=1S/C23H21IN4O4/c1-15-25-11-17(12-26-15)18-9-19-20(28(13-22(29)30)27-23(19)24)10-21(18)32-8-7-31-14-16-5-3-2-4-6-16/h2-6,9-12H,7-8,13-14H2,1H3,(H,29,30). The minimum Gasteiger partial charge on any atom is -0.490 e. The Morgan fingerprint density at radius 2 is 1.88 bits per heavy atom. The number of fused-ring (bicyclic) bond motifs is 1. The maximum atomic E-state index is 11.3. The van der Waals surface area contributed by atoms with Gasteiger partial charge in [-0.1, -0.05) is 30.3 Å². The first-order valence-corrected chi connectivity index (χ1v) is 11.0. The van der Waals surface area contributed by atoms with Crippen LogP contribution in [0.4, 0.5) is 0 Å². The van der Waals surface area contributed by atoms with Gasteiger partial charge < -0.3 is 14.6 Å². The first kappa shape index (κ1) is 22.2. The minimum atomic E-state index is -0.960. The second-order valence-corrected chi connectivity index (χ2v) is 8.14. The number of aromatic nitrogens is 4. The third kappa shape index (κ3) is 5.22. The van der Waals surface area contributed by atoms with Crippen LogP contribution in [-0.2, 0) is 22.7 Å². The van der Waals surface area contributed by atoms with Gasteiger partial charge in [0, 0.05) is 35.0 Å². The third-order valence-corrected chi connectivity index (χ3v) is 5.58. The van der Waals surface area contributed by atoms with Crippen LogP contribution >= 0.6 is 22.6 Å². The molecule has 1 N–H and O–H groups in total. The number of aliphatic carboxylic acids is 1. The van der Waals surface area contributed by atoms with E-state index in [2.05, 4.69) is 37.7 Å². The fourth-order valence-electron chi connectivity index (χ4n) is 3.26. The van der Waals surface area contributed by atoms with E-state index in [1.807, 2.05) is 49.4 Å². The monoisotopic (exact) mass is 544 g/mol. The van der Waals surface area contributed by atoms with Crippen LogP contribution in [0.5, 0.6) is 5.75 Å². The number of ether oxygens (including phenoxy) is 2. The lowest BCUT2D eigenvalue weighted by Gasteiger charge is -2.13. The third-order valence-electron chi connectivity index (χ3n) is 4.78. The van der Waals surface area contributed by atoms with Crippen molar-refractivity contribution >= 4 is 39.5 Å². The zero-order valence-electron chi connectivity index (χ0n) is 17.4. The highest BCUT2D eigenvalue weighted by molar-refractivity contribution is 14.1. The molecule has 32 heavy (non-hydrogen) atoms. The van der Waals surface area contributed by atoms with E-state index in [4.69, 9.17) is 9.47 Å². The van der Waals surface area contributed by atoms with Crippen molar-refractivity contribution in [3.05, 3.63) is 69.9 Å². The molecule has 4 rings (SSSR count). The molecule has 0 aliphatic rings. The maximum absolute atomic E-state index is 11.3. The molecule has 0 radical (unpaired) electrons. The van der Waals surface area contributed by atoms with Crippen LogP contribution in [0.25, 0.3) is 22.0 Å². The van der Waals surface area contributed by atoms with Crippen LogP contribution in [0.2, 0.25) is 0 Å². The van der Waals surface area contributed by atoms with E-state index < -0.39 is 5.97 Å². The summed E-state index contributed by atoms with van der Waals surface area (Å²) in [5, 5.41) is 14.4. The van der Waals surface area contributed by atoms with Crippen LogP contribution in [0.1, 0.15) is 11.4 Å². The summed E-state index contributed by atoms with van der Waals surface area (Å²) in [6, 6.07) is 13.7. The molecule has 0 spiro atoms. The predicted molar refractivity (Wildman–Crippen MR) is 127 cm³/mol. The molecule has 4 aromatic rings. The highest BCUT2D eigenvalue weighted by atomic mass is 127. The molecule has 0 saturated heterocycles. The molecular weight excluding hydrogens is 523 g/mol. The number of carboxylic acids is 1. The van der Waals surface area contributed by atoms with Crippen molar-refractivity contribution in [3.63, 3.8) is 0 Å². The Hall–Kier alpha value is -3.05. The molecule has 0 atom stereocenters. The van der Waals surface area contributed by atoms with E-state index in [9.17, 15) is 9.90 Å². The van der Waals surface area contributed by atoms with Crippen molar-refractivity contribution in [1.82, 2.24) is 19.7 Å². The number of rotatable bonds is 9. The summed E-state index contributed by atoms with van der Waals surface area (Å²) >= 11 is 2.11. The van der Waals surface area contributed by atoms with Gasteiger partial charge in [0.25, 0.3) is 0 Å². The lowest BCUT2D eigenvalue weighted by Crippen LogP contribution is -2.10. The van der Waals surface area contributed by atoms with Gasteiger partial charge in [-0.2, -0.15) is 5.10 Å². The molecule has 0 aliphatic carbocycles. The molecule has 0 saturated carbocycles. The Kier molecular flexibility index (Phi) is 6.96. The summed E-state index contributed by atoms with van der Waals surface area (Å²) in [6.45, 7) is 2.84. The zero-order valence-corrected chi connectivity index (χ0v) is 19.5. The predicted octanol–water partition coefficient (Wildman–Crippen LogP) is 4.09. The molecule has 8 nitrogen and oxygen atoms in total. The molecule has 164 valence electrons. The van der Waals surface area contributed by atoms with Crippen molar-refractivity contribution in [2.75, 3.05) is 13.2 Å². The van der Waals surface area contributed by atoms with E-state index in [1.165, 1.54) is 4.68 Å². The van der Waals surface area contributed by atoms with Gasteiger partial charge in [-0.15, -0.1) is 0 Å². The van der Waals surface area contributed by atoms with Gasteiger partial charge in [0.1, 0.15) is 28.4 Å². The number of hydrogen-bond acceptors (Lipinski definition) is 6. The molecular formula is C23H21IN4O4. The van der Waals surface area contributed by atoms with Gasteiger partial charge in [0.2, 0.25) is 0 Å². The SMILES string of the molecule is Cc1ncc(-c2cc3c(I)nn(CC(=O)O)c3cc2OCCOCc2ccccc2)cn1. The summed E-state index contributed by atoms with van der Waals surface area (Å²) in [6.07, 6.45) is 3.49. The molecule has 9 heteroatoms. The topological polar surface area (TPSA) is 99.4 Å². The van der Waals surface area contributed by atoms with E-state index >= 15 is 0 Å². The molecule has 0 fully saturated rings. The number of benzene rings is 2. The Labute approximate surface area is 198 Å². The number of halogens is 1. The van der Waals surface area contributed by atoms with E-state index in [-0.39, 0.29) is 6.54 Å². The van der Waals surface area contributed by atoms with Gasteiger partial charge in [-0.05, 0) is 41.1 Å². The molecule has 0 aliphatic heterocycles. The summed E-state index contributed by atoms with van der Waals surface area (Å²) < 4.78 is 14.0. The molecule has 0 amide bonds. The number of aryl methyl sites for hydroxylation is 1. The maximum Gasteiger partial charge on any atom is 0.325 e. The van der Waals surface area contributed by atoms with Gasteiger partial charge >= 0.3 is 5.97 Å². The second kappa shape index (κ2) is 10.0. The van der Waals surface area contributed by atoms with Gasteiger partial charge in [-0.3, -0.25) is 9.48 Å². The van der Waals surface area contributed by atoms with Gasteiger partial charge in [0.15, 0.2) is 0 Å². The summed E-state index contributed by atoms with van der Waals surface area (Å²) in [7, 11) is 0. The number of carboxylic acid groups (broad SMARTS) is 1. The van der Waals surface area contributed by atoms with Gasteiger partial charge in [0.05, 0.1) is 18.7 Å². The zero-order chi connectivity index (χ0) is 22.5. The van der Waals surface area contributed by atoms with E-state index in [1.54, 1.807) is 12.4 Å². The molecule has 2 aromatic heterocycles. The first-order valence-electron chi connectivity index (χ1n) is 9.96. The average molecular weight is 544 g/mol. The second-order valence-electron chi connectivity index (χ2n) is 7.11. The van der Waals surface area contributed by atoms with E-state index in [0.29, 0.717) is 40.6 Å². The van der Waals surface area contributed by atoms with Crippen LogP contribution in [0, 0.1) is 10.6 Å². The molecule has 0 bridgehead atoms. The van der Waals surface area contributed by atoms with Crippen molar-refractivity contribution in [3.8, 4) is 16.9 Å². The summed E-state index contributed by atoms with van der Waals surface area (Å²) in [4.78, 5) is 19.9. The van der Waals surface area contributed by atoms with Gasteiger partial charge in [-0.25, -0.2) is 9.97 Å². The summed E-state index contributed by atoms with van der Waals surface area (Å²) in [5.74, 6) is 0.310. The van der Waals surface area contributed by atoms with Crippen LogP contribution in [-0.4, -0.2) is 44.0 Å². The Bertz CT molecular complexity index is 1230. The fraction of sp³-hybridized carbons (Fsp3) is 0.217. The molecule has 2 aromatic carbocycles. The van der Waals surface area contributed by atoms with Crippen LogP contribution in [0.3, 0.4) is 0 Å². The Morgan fingerprint density at radius 1 is 1.12 bits per heavy atom.